The van der Waals surface area contributed by atoms with E-state index in [1.54, 1.807) is 30.1 Å². The van der Waals surface area contributed by atoms with Crippen molar-refractivity contribution in [3.05, 3.63) is 112 Å². The number of amides is 3. The summed E-state index contributed by atoms with van der Waals surface area (Å²) < 4.78 is 35.1. The maximum atomic E-state index is 16.1. The molecule has 5 aromatic rings. The molecule has 15 nitrogen and oxygen atoms in total. The topological polar surface area (TPSA) is 153 Å². The molecule has 4 aliphatic heterocycles. The lowest BCUT2D eigenvalue weighted by Gasteiger charge is -2.43. The van der Waals surface area contributed by atoms with Crippen LogP contribution < -0.4 is 26.4 Å². The first-order chi connectivity index (χ1) is 32.3. The van der Waals surface area contributed by atoms with Gasteiger partial charge in [0.05, 0.1) is 17.6 Å². The summed E-state index contributed by atoms with van der Waals surface area (Å²) >= 11 is 0. The molecule has 3 amide bonds. The molecule has 1 aromatic carbocycles. The number of fused-ring (bicyclic) bond motifs is 1. The molecule has 17 heteroatoms. The summed E-state index contributed by atoms with van der Waals surface area (Å²) in [6.07, 6.45) is 10.1. The summed E-state index contributed by atoms with van der Waals surface area (Å²) in [6, 6.07) is 11.6. The largest absolute Gasteiger partial charge is 0.388 e. The third-order valence-corrected chi connectivity index (χ3v) is 14.3. The standard InChI is InChI=1S/C50H59F2N11O4/c1-30-22-35(23-39(51)46(30)34-11-17-59(18-12-34)32(3)43-26-38-42(8-14-54-47(38)58(43)5)63-19-13-36(53-4)25-45(63)65)50(67)60-15-9-33(10-16-60)29-61-20-21-62(28-31(61)2)48-40(52)24-37(27-55-48)56-41-6-7-44(64)57-49(41)66/h8,11,13-14,19,22-27,31-33,41,53,56H,6-7,9-10,12,15-18,20-21,28-29H2,1-5H3,(H,57,64,66)/t31-,32-,41+/m0/s1. The molecule has 3 atom stereocenters. The van der Waals surface area contributed by atoms with Gasteiger partial charge < -0.3 is 25.0 Å². The lowest BCUT2D eigenvalue weighted by molar-refractivity contribution is -0.133. The second-order valence-corrected chi connectivity index (χ2v) is 18.6. The number of anilines is 3. The van der Waals surface area contributed by atoms with E-state index >= 15 is 8.78 Å². The Morgan fingerprint density at radius 3 is 2.43 bits per heavy atom. The fourth-order valence-electron chi connectivity index (χ4n) is 10.5. The van der Waals surface area contributed by atoms with Gasteiger partial charge >= 0.3 is 0 Å². The summed E-state index contributed by atoms with van der Waals surface area (Å²) in [7, 11) is 3.78. The molecule has 0 radical (unpaired) electrons. The summed E-state index contributed by atoms with van der Waals surface area (Å²) in [4.78, 5) is 68.1. The van der Waals surface area contributed by atoms with E-state index in [2.05, 4.69) is 66.3 Å². The predicted octanol–water partition coefficient (Wildman–Crippen LogP) is 5.88. The van der Waals surface area contributed by atoms with Crippen LogP contribution in [0, 0.1) is 24.5 Å². The highest BCUT2D eigenvalue weighted by Gasteiger charge is 2.32. The van der Waals surface area contributed by atoms with Crippen molar-refractivity contribution >= 4 is 51.5 Å². The van der Waals surface area contributed by atoms with Crippen LogP contribution in [-0.2, 0) is 16.6 Å². The molecule has 8 heterocycles. The Morgan fingerprint density at radius 1 is 0.940 bits per heavy atom. The number of piperazine rings is 1. The quantitative estimate of drug-likeness (QED) is 0.136. The van der Waals surface area contributed by atoms with E-state index in [1.165, 1.54) is 18.3 Å². The van der Waals surface area contributed by atoms with Crippen molar-refractivity contribution < 1.29 is 23.2 Å². The van der Waals surface area contributed by atoms with Gasteiger partial charge in [-0.05, 0) is 93.8 Å². The number of rotatable bonds is 11. The smallest absolute Gasteiger partial charge is 0.257 e. The van der Waals surface area contributed by atoms with Crippen LogP contribution in [0.1, 0.15) is 79.2 Å². The highest BCUT2D eigenvalue weighted by atomic mass is 19.1. The number of imide groups is 1. The lowest BCUT2D eigenvalue weighted by atomic mass is 9.92. The molecule has 352 valence electrons. The highest BCUT2D eigenvalue weighted by Crippen LogP contribution is 2.35. The minimum atomic E-state index is -0.616. The van der Waals surface area contributed by atoms with Gasteiger partial charge in [-0.3, -0.25) is 38.9 Å². The van der Waals surface area contributed by atoms with Gasteiger partial charge in [0.1, 0.15) is 17.5 Å². The molecule has 0 aliphatic carbocycles. The van der Waals surface area contributed by atoms with Crippen molar-refractivity contribution in [2.24, 2.45) is 13.0 Å². The monoisotopic (exact) mass is 915 g/mol. The second kappa shape index (κ2) is 19.0. The lowest BCUT2D eigenvalue weighted by Crippen LogP contribution is -2.54. The van der Waals surface area contributed by atoms with E-state index in [-0.39, 0.29) is 47.5 Å². The number of halogens is 2. The van der Waals surface area contributed by atoms with Crippen LogP contribution in [0.25, 0.3) is 22.3 Å². The Morgan fingerprint density at radius 2 is 1.75 bits per heavy atom. The Hall–Kier alpha value is -6.46. The average Bonchev–Trinajstić information content (AvgIpc) is 3.66. The molecule has 4 aliphatic rings. The molecule has 0 saturated carbocycles. The minimum absolute atomic E-state index is 0.0228. The Labute approximate surface area is 388 Å². The van der Waals surface area contributed by atoms with E-state index in [0.717, 1.165) is 71.7 Å². The number of likely N-dealkylation sites (tertiary alicyclic amines) is 1. The van der Waals surface area contributed by atoms with E-state index in [9.17, 15) is 19.2 Å². The number of carbonyl (C=O) groups is 3. The van der Waals surface area contributed by atoms with Crippen LogP contribution in [0.3, 0.4) is 0 Å². The van der Waals surface area contributed by atoms with E-state index in [0.29, 0.717) is 68.3 Å². The minimum Gasteiger partial charge on any atom is -0.388 e. The van der Waals surface area contributed by atoms with Crippen LogP contribution in [0.4, 0.5) is 26.0 Å². The van der Waals surface area contributed by atoms with Gasteiger partial charge in [-0.15, -0.1) is 0 Å². The zero-order valence-corrected chi connectivity index (χ0v) is 38.8. The van der Waals surface area contributed by atoms with Crippen LogP contribution in [0.2, 0.25) is 0 Å². The van der Waals surface area contributed by atoms with Crippen molar-refractivity contribution in [1.82, 2.24) is 39.1 Å². The number of hydrogen-bond donors (Lipinski definition) is 3. The number of nitrogens with zero attached hydrogens (tertiary/aromatic N) is 8. The number of aryl methyl sites for hydroxylation is 2. The van der Waals surface area contributed by atoms with Crippen LogP contribution in [0.15, 0.2) is 71.9 Å². The third kappa shape index (κ3) is 9.31. The molecule has 3 saturated heterocycles. The molecular weight excluding hydrogens is 857 g/mol. The molecule has 0 unspecified atom stereocenters. The van der Waals surface area contributed by atoms with Crippen molar-refractivity contribution in [2.45, 2.75) is 71.0 Å². The second-order valence-electron chi connectivity index (χ2n) is 18.6. The van der Waals surface area contributed by atoms with Gasteiger partial charge in [-0.25, -0.2) is 18.7 Å². The predicted molar refractivity (Wildman–Crippen MR) is 255 cm³/mol. The highest BCUT2D eigenvalue weighted by molar-refractivity contribution is 6.01. The van der Waals surface area contributed by atoms with Gasteiger partial charge in [-0.1, -0.05) is 6.08 Å². The fourth-order valence-corrected chi connectivity index (χ4v) is 10.5. The Balaban J connectivity index is 0.773. The number of pyridine rings is 3. The number of aromatic nitrogens is 4. The number of benzene rings is 1. The van der Waals surface area contributed by atoms with Crippen LogP contribution in [0.5, 0.6) is 0 Å². The van der Waals surface area contributed by atoms with Gasteiger partial charge in [0.25, 0.3) is 11.5 Å². The summed E-state index contributed by atoms with van der Waals surface area (Å²) in [5.74, 6) is -1.05. The van der Waals surface area contributed by atoms with Gasteiger partial charge in [-0.2, -0.15) is 0 Å². The van der Waals surface area contributed by atoms with E-state index in [1.807, 2.05) is 42.0 Å². The molecule has 3 N–H and O–H groups in total. The SMILES string of the molecule is CNc1ccn(-c2ccnc3c2cc([C@H](C)N2CC=C(c4c(C)cc(C(=O)N5CCC(CN6CCN(c7ncc(N[C@@H]8CCC(=O)NC8=O)cc7F)C[C@@H]6C)CC5)cc4F)CC2)n3C)c(=O)c1. The summed E-state index contributed by atoms with van der Waals surface area (Å²) in [5.41, 5.74) is 6.26. The fraction of sp³-hybridized carbons (Fsp3) is 0.440. The molecule has 9 rings (SSSR count). The third-order valence-electron chi connectivity index (χ3n) is 14.3. The Bertz CT molecular complexity index is 2790. The van der Waals surface area contributed by atoms with Gasteiger partial charge in [0.15, 0.2) is 11.6 Å². The first-order valence-electron chi connectivity index (χ1n) is 23.4. The molecule has 0 bridgehead atoms. The zero-order chi connectivity index (χ0) is 47.1. The molecule has 3 fully saturated rings. The van der Waals surface area contributed by atoms with Crippen LogP contribution >= 0.6 is 0 Å². The summed E-state index contributed by atoms with van der Waals surface area (Å²) in [6.45, 7) is 11.6. The normalized spacial score (nSPS) is 20.5. The van der Waals surface area contributed by atoms with Crippen molar-refractivity contribution in [1.29, 1.82) is 0 Å². The van der Waals surface area contributed by atoms with Crippen molar-refractivity contribution in [2.75, 3.05) is 74.9 Å². The summed E-state index contributed by atoms with van der Waals surface area (Å²) in [5, 5.41) is 9.20. The maximum absolute atomic E-state index is 16.1. The number of piperidine rings is 2. The molecule has 4 aromatic heterocycles. The maximum Gasteiger partial charge on any atom is 0.257 e. The van der Waals surface area contributed by atoms with Gasteiger partial charge in [0.2, 0.25) is 11.8 Å². The van der Waals surface area contributed by atoms with Gasteiger partial charge in [0, 0.05) is 137 Å². The molecule has 67 heavy (non-hydrogen) atoms. The van der Waals surface area contributed by atoms with Crippen molar-refractivity contribution in [3.63, 3.8) is 0 Å². The van der Waals surface area contributed by atoms with Crippen LogP contribution in [-0.4, -0.2) is 123 Å². The number of carbonyl (C=O) groups excluding carboxylic acids is 3. The molecule has 0 spiro atoms. The first kappa shape index (κ1) is 45.7. The number of nitrogens with one attached hydrogen (secondary N) is 3. The first-order valence-corrected chi connectivity index (χ1v) is 23.4. The molecular formula is C50H59F2N11O4. The number of hydrogen-bond acceptors (Lipinski definition) is 11. The van der Waals surface area contributed by atoms with Crippen molar-refractivity contribution in [3.8, 4) is 5.69 Å². The van der Waals surface area contributed by atoms with E-state index in [4.69, 9.17) is 0 Å². The Kier molecular flexibility index (Phi) is 13.0. The zero-order valence-electron chi connectivity index (χ0n) is 38.8. The average molecular weight is 916 g/mol. The van der Waals surface area contributed by atoms with E-state index < -0.39 is 17.8 Å².